The lowest BCUT2D eigenvalue weighted by Crippen LogP contribution is -2.01. The summed E-state index contributed by atoms with van der Waals surface area (Å²) in [4.78, 5) is 7.70. The van der Waals surface area contributed by atoms with Crippen molar-refractivity contribution in [2.45, 2.75) is 6.92 Å². The fourth-order valence-corrected chi connectivity index (χ4v) is 1.32. The van der Waals surface area contributed by atoms with E-state index < -0.39 is 11.6 Å². The van der Waals surface area contributed by atoms with Crippen LogP contribution in [0.5, 0.6) is 11.6 Å². The zero-order valence-electron chi connectivity index (χ0n) is 9.87. The predicted octanol–water partition coefficient (Wildman–Crippen LogP) is 2.90. The first kappa shape index (κ1) is 12.2. The van der Waals surface area contributed by atoms with Gasteiger partial charge in [0, 0.05) is 18.8 Å². The average molecular weight is 251 g/mol. The Morgan fingerprint density at radius 1 is 1.22 bits per heavy atom. The molecule has 0 saturated heterocycles. The van der Waals surface area contributed by atoms with Gasteiger partial charge in [0.05, 0.1) is 6.20 Å². The summed E-state index contributed by atoms with van der Waals surface area (Å²) in [6.45, 7) is 1.82. The zero-order valence-corrected chi connectivity index (χ0v) is 9.87. The zero-order chi connectivity index (χ0) is 13.1. The quantitative estimate of drug-likeness (QED) is 0.911. The maximum Gasteiger partial charge on any atom is 0.258 e. The molecule has 2 rings (SSSR count). The lowest BCUT2D eigenvalue weighted by Gasteiger charge is -2.08. The van der Waals surface area contributed by atoms with E-state index in [1.807, 2.05) is 6.92 Å². The van der Waals surface area contributed by atoms with Gasteiger partial charge in [0.15, 0.2) is 17.5 Å². The predicted molar refractivity (Wildman–Crippen MR) is 62.7 cm³/mol. The number of ether oxygens (including phenoxy) is 1. The molecule has 0 unspecified atom stereocenters. The van der Waals surface area contributed by atoms with E-state index in [2.05, 4.69) is 15.3 Å². The van der Waals surface area contributed by atoms with Gasteiger partial charge in [-0.1, -0.05) is 0 Å². The summed E-state index contributed by atoms with van der Waals surface area (Å²) in [6, 6.07) is 4.07. The Morgan fingerprint density at radius 2 is 2.00 bits per heavy atom. The lowest BCUT2D eigenvalue weighted by atomic mass is 10.4. The van der Waals surface area contributed by atoms with E-state index in [4.69, 9.17) is 4.74 Å². The Kier molecular flexibility index (Phi) is 3.36. The molecule has 2 aromatic rings. The molecule has 0 aliphatic heterocycles. The van der Waals surface area contributed by atoms with E-state index in [9.17, 15) is 8.78 Å². The van der Waals surface area contributed by atoms with Gasteiger partial charge in [-0.3, -0.25) is 4.98 Å². The molecule has 0 radical (unpaired) electrons. The van der Waals surface area contributed by atoms with E-state index in [0.29, 0.717) is 5.75 Å². The second-order valence-corrected chi connectivity index (χ2v) is 3.59. The molecule has 6 heteroatoms. The molecule has 1 N–H and O–H groups in total. The fourth-order valence-electron chi connectivity index (χ4n) is 1.32. The highest BCUT2D eigenvalue weighted by molar-refractivity contribution is 5.40. The molecule has 0 aliphatic carbocycles. The van der Waals surface area contributed by atoms with Crippen LogP contribution in [-0.2, 0) is 0 Å². The van der Waals surface area contributed by atoms with Gasteiger partial charge in [-0.05, 0) is 19.1 Å². The number of halogens is 2. The number of hydrogen-bond acceptors (Lipinski definition) is 4. The molecule has 0 aromatic carbocycles. The number of nitrogens with one attached hydrogen (secondary N) is 1. The highest BCUT2D eigenvalue weighted by Gasteiger charge is 2.12. The molecule has 0 amide bonds. The topological polar surface area (TPSA) is 47.0 Å². The van der Waals surface area contributed by atoms with Crippen molar-refractivity contribution in [2.24, 2.45) is 0 Å². The van der Waals surface area contributed by atoms with Gasteiger partial charge in [-0.2, -0.15) is 4.98 Å². The first-order chi connectivity index (χ1) is 8.60. The Labute approximate surface area is 103 Å². The van der Waals surface area contributed by atoms with Crippen LogP contribution in [0.3, 0.4) is 0 Å². The van der Waals surface area contributed by atoms with Crippen LogP contribution < -0.4 is 10.1 Å². The van der Waals surface area contributed by atoms with Crippen molar-refractivity contribution in [3.8, 4) is 11.6 Å². The summed E-state index contributed by atoms with van der Waals surface area (Å²) in [7, 11) is 1.49. The molecule has 0 saturated carbocycles. The molecule has 4 nitrogen and oxygen atoms in total. The minimum absolute atomic E-state index is 0.0773. The molecule has 2 heterocycles. The highest BCUT2D eigenvalue weighted by Crippen LogP contribution is 2.25. The lowest BCUT2D eigenvalue weighted by molar-refractivity contribution is 0.416. The van der Waals surface area contributed by atoms with E-state index in [1.54, 1.807) is 12.1 Å². The fraction of sp³-hybridized carbons (Fsp3) is 0.167. The van der Waals surface area contributed by atoms with Crippen molar-refractivity contribution >= 4 is 5.82 Å². The van der Waals surface area contributed by atoms with Crippen LogP contribution >= 0.6 is 0 Å². The van der Waals surface area contributed by atoms with Crippen LogP contribution in [0.2, 0.25) is 0 Å². The van der Waals surface area contributed by atoms with E-state index in [0.717, 1.165) is 11.8 Å². The van der Waals surface area contributed by atoms with Crippen molar-refractivity contribution in [3.63, 3.8) is 0 Å². The molecule has 2 aromatic heterocycles. The Hall–Kier alpha value is -2.24. The van der Waals surface area contributed by atoms with Gasteiger partial charge in [-0.25, -0.2) is 8.78 Å². The normalized spacial score (nSPS) is 10.2. The Balaban J connectivity index is 2.31. The first-order valence-corrected chi connectivity index (χ1v) is 5.24. The second kappa shape index (κ2) is 4.95. The SMILES string of the molecule is CNc1nc(Oc2ccc(C)nc2)c(F)cc1F. The highest BCUT2D eigenvalue weighted by atomic mass is 19.1. The van der Waals surface area contributed by atoms with Gasteiger partial charge >= 0.3 is 0 Å². The van der Waals surface area contributed by atoms with Crippen LogP contribution in [0.4, 0.5) is 14.6 Å². The maximum absolute atomic E-state index is 13.5. The summed E-state index contributed by atoms with van der Waals surface area (Å²) < 4.78 is 31.9. The van der Waals surface area contributed by atoms with E-state index >= 15 is 0 Å². The number of aryl methyl sites for hydroxylation is 1. The smallest absolute Gasteiger partial charge is 0.258 e. The summed E-state index contributed by atoms with van der Waals surface area (Å²) in [5, 5.41) is 2.51. The van der Waals surface area contributed by atoms with Crippen molar-refractivity contribution in [3.05, 3.63) is 41.7 Å². The molecule has 18 heavy (non-hydrogen) atoms. The van der Waals surface area contributed by atoms with Crippen LogP contribution in [0.1, 0.15) is 5.69 Å². The summed E-state index contributed by atoms with van der Waals surface area (Å²) >= 11 is 0. The van der Waals surface area contributed by atoms with Crippen molar-refractivity contribution < 1.29 is 13.5 Å². The number of aromatic nitrogens is 2. The number of nitrogens with zero attached hydrogens (tertiary/aromatic N) is 2. The molecule has 0 aliphatic rings. The van der Waals surface area contributed by atoms with Gasteiger partial charge in [0.1, 0.15) is 5.75 Å². The molecular formula is C12H11F2N3O. The van der Waals surface area contributed by atoms with E-state index in [-0.39, 0.29) is 11.7 Å². The average Bonchev–Trinajstić information content (AvgIpc) is 2.35. The molecular weight excluding hydrogens is 240 g/mol. The Bertz CT molecular complexity index is 558. The van der Waals surface area contributed by atoms with Crippen LogP contribution in [-0.4, -0.2) is 17.0 Å². The first-order valence-electron chi connectivity index (χ1n) is 5.24. The van der Waals surface area contributed by atoms with Crippen molar-refractivity contribution in [1.29, 1.82) is 0 Å². The molecule has 0 bridgehead atoms. The van der Waals surface area contributed by atoms with Crippen molar-refractivity contribution in [1.82, 2.24) is 9.97 Å². The van der Waals surface area contributed by atoms with Gasteiger partial charge in [0.2, 0.25) is 0 Å². The summed E-state index contributed by atoms with van der Waals surface area (Å²) in [5.41, 5.74) is 0.811. The number of pyridine rings is 2. The molecule has 0 spiro atoms. The van der Waals surface area contributed by atoms with Gasteiger partial charge in [0.25, 0.3) is 5.88 Å². The van der Waals surface area contributed by atoms with Crippen LogP contribution in [0.15, 0.2) is 24.4 Å². The number of rotatable bonds is 3. The van der Waals surface area contributed by atoms with Crippen LogP contribution in [0.25, 0.3) is 0 Å². The van der Waals surface area contributed by atoms with Gasteiger partial charge < -0.3 is 10.1 Å². The summed E-state index contributed by atoms with van der Waals surface area (Å²) in [5.74, 6) is -1.69. The largest absolute Gasteiger partial charge is 0.435 e. The molecule has 0 atom stereocenters. The minimum Gasteiger partial charge on any atom is -0.435 e. The van der Waals surface area contributed by atoms with E-state index in [1.165, 1.54) is 13.2 Å². The molecule has 94 valence electrons. The third kappa shape index (κ3) is 2.53. The summed E-state index contributed by atoms with van der Waals surface area (Å²) in [6.07, 6.45) is 1.44. The Morgan fingerprint density at radius 3 is 2.61 bits per heavy atom. The maximum atomic E-state index is 13.5. The monoisotopic (exact) mass is 251 g/mol. The number of anilines is 1. The minimum atomic E-state index is -0.868. The van der Waals surface area contributed by atoms with Gasteiger partial charge in [-0.15, -0.1) is 0 Å². The standard InChI is InChI=1S/C12H11F2N3O/c1-7-3-4-8(6-16-7)18-12-10(14)5-9(13)11(15-2)17-12/h3-6H,1-2H3,(H,15,17). The third-order valence-corrected chi connectivity index (χ3v) is 2.23. The van der Waals surface area contributed by atoms with Crippen LogP contribution in [0, 0.1) is 18.6 Å². The van der Waals surface area contributed by atoms with Crippen molar-refractivity contribution in [2.75, 3.05) is 12.4 Å². The second-order valence-electron chi connectivity index (χ2n) is 3.59. The number of hydrogen-bond donors (Lipinski definition) is 1. The third-order valence-electron chi connectivity index (χ3n) is 2.23. The molecule has 0 fully saturated rings.